The Labute approximate surface area is 613 Å². The van der Waals surface area contributed by atoms with E-state index in [2.05, 4.69) is 54.2 Å². The van der Waals surface area contributed by atoms with E-state index in [-0.39, 0.29) is 84.8 Å². The third-order valence-electron chi connectivity index (χ3n) is 16.5. The number of aromatic nitrogens is 5. The van der Waals surface area contributed by atoms with E-state index in [1.807, 2.05) is 30.5 Å². The van der Waals surface area contributed by atoms with Gasteiger partial charge in [-0.25, -0.2) is 34.4 Å². The van der Waals surface area contributed by atoms with Crippen molar-refractivity contribution in [3.63, 3.8) is 0 Å². The van der Waals surface area contributed by atoms with Crippen molar-refractivity contribution in [3.8, 4) is 22.9 Å². The van der Waals surface area contributed by atoms with Crippen LogP contribution in [0.3, 0.4) is 0 Å². The van der Waals surface area contributed by atoms with Crippen LogP contribution in [0, 0.1) is 11.6 Å². The number of hydrogen-bond donors (Lipinski definition) is 6. The van der Waals surface area contributed by atoms with Crippen LogP contribution in [0.2, 0.25) is 0 Å². The fourth-order valence-corrected chi connectivity index (χ4v) is 12.3. The predicted octanol–water partition coefficient (Wildman–Crippen LogP) is 4.50. The number of benzene rings is 1. The molecule has 34 heteroatoms. The lowest BCUT2D eigenvalue weighted by molar-refractivity contribution is -0.123. The number of halogens is 2. The second kappa shape index (κ2) is 51.5. The molecule has 0 aliphatic carbocycles. The third-order valence-corrected chi connectivity index (χ3v) is 18.0. The Morgan fingerprint density at radius 3 is 1.71 bits per heavy atom. The molecule has 104 heavy (non-hydrogen) atoms. The van der Waals surface area contributed by atoms with Crippen LogP contribution in [0.4, 0.5) is 19.4 Å². The van der Waals surface area contributed by atoms with Gasteiger partial charge < -0.3 is 102 Å². The Morgan fingerprint density at radius 2 is 1.15 bits per heavy atom. The minimum Gasteiger partial charge on any atom is -0.379 e. The van der Waals surface area contributed by atoms with E-state index in [1.165, 1.54) is 12.3 Å². The molecule has 1 unspecified atom stereocenters. The Morgan fingerprint density at radius 1 is 0.625 bits per heavy atom. The van der Waals surface area contributed by atoms with Crippen LogP contribution in [0.25, 0.3) is 22.9 Å². The largest absolute Gasteiger partial charge is 0.379 e. The zero-order valence-corrected chi connectivity index (χ0v) is 61.7. The fourth-order valence-electron chi connectivity index (χ4n) is 10.7. The molecule has 3 aliphatic rings. The van der Waals surface area contributed by atoms with Gasteiger partial charge in [-0.2, -0.15) is 16.9 Å². The highest BCUT2D eigenvalue weighted by atomic mass is 32.2. The van der Waals surface area contributed by atoms with E-state index in [9.17, 15) is 18.8 Å². The minimum atomic E-state index is -0.591. The van der Waals surface area contributed by atoms with Crippen molar-refractivity contribution in [2.45, 2.75) is 107 Å². The van der Waals surface area contributed by atoms with Gasteiger partial charge in [0.25, 0.3) is 0 Å². The van der Waals surface area contributed by atoms with Gasteiger partial charge >= 0.3 is 6.03 Å². The SMILES string of the molecule is CC1(CCCN(CCOCCOCCOCCOCCC(=O)NCCOCCOCCOCCOCCOCCOCCOCCOCCOCCOCCOC(C)(C)CCNC(=O)CCCCC2SC[C@@H]3NC(=O)N[C@H]23)c2nc(-c3cc(-c4ccon4)n(Cc4ccccc4F)n3)ncc2F)NN1. The van der Waals surface area contributed by atoms with Gasteiger partial charge in [-0.1, -0.05) is 29.8 Å². The molecule has 0 radical (unpaired) electrons. The molecule has 3 atom stereocenters. The van der Waals surface area contributed by atoms with Crippen molar-refractivity contribution in [1.82, 2.24) is 57.0 Å². The number of hydrogen-bond acceptors (Lipinski definition) is 27. The fraction of sp³-hybridized carbons (Fsp3) is 0.729. The normalized spacial score (nSPS) is 16.1. The molecule has 0 spiro atoms. The average Bonchev–Trinajstić information content (AvgIpc) is 1.52. The number of hydrazine groups is 1. The highest BCUT2D eigenvalue weighted by molar-refractivity contribution is 8.00. The van der Waals surface area contributed by atoms with E-state index in [0.29, 0.717) is 245 Å². The number of nitrogens with one attached hydrogen (secondary N) is 6. The van der Waals surface area contributed by atoms with E-state index in [0.717, 1.165) is 44.1 Å². The van der Waals surface area contributed by atoms with Gasteiger partial charge in [-0.05, 0) is 65.0 Å². The molecule has 4 aromatic rings. The lowest BCUT2D eigenvalue weighted by atomic mass is 10.0. The summed E-state index contributed by atoms with van der Waals surface area (Å²) in [6, 6.07) is 10.2. The summed E-state index contributed by atoms with van der Waals surface area (Å²) in [5, 5.41) is 21.0. The van der Waals surface area contributed by atoms with Crippen LogP contribution in [-0.4, -0.2) is 295 Å². The quantitative estimate of drug-likeness (QED) is 0.0201. The van der Waals surface area contributed by atoms with Crippen molar-refractivity contribution in [2.24, 2.45) is 0 Å². The summed E-state index contributed by atoms with van der Waals surface area (Å²) in [7, 11) is 0. The van der Waals surface area contributed by atoms with Gasteiger partial charge in [0.15, 0.2) is 17.5 Å². The van der Waals surface area contributed by atoms with Crippen molar-refractivity contribution in [1.29, 1.82) is 0 Å². The maximum atomic E-state index is 15.6. The Bertz CT molecular complexity index is 2950. The Hall–Kier alpha value is -5.74. The van der Waals surface area contributed by atoms with Crippen LogP contribution < -0.4 is 37.0 Å². The monoisotopic (exact) mass is 1490 g/mol. The van der Waals surface area contributed by atoms with E-state index < -0.39 is 5.82 Å². The first-order valence-corrected chi connectivity index (χ1v) is 37.4. The summed E-state index contributed by atoms with van der Waals surface area (Å²) in [6.45, 7) is 19.9. The molecule has 3 aliphatic heterocycles. The van der Waals surface area contributed by atoms with Crippen molar-refractivity contribution < 1.29 is 98.7 Å². The molecule has 31 nitrogen and oxygen atoms in total. The van der Waals surface area contributed by atoms with E-state index in [1.54, 1.807) is 35.0 Å². The number of fused-ring (bicyclic) bond motifs is 1. The predicted molar refractivity (Wildman–Crippen MR) is 381 cm³/mol. The summed E-state index contributed by atoms with van der Waals surface area (Å²) < 4.78 is 121. The standard InChI is InChI=1S/C70H112F2N12O19S/c1-69(2,16-17-73-63(85)12-7-6-11-62-65-60(54-104-62)76-68(87)77-65)102-50-49-101-48-47-100-46-45-99-44-43-98-42-41-97-40-39-96-38-37-95-36-35-94-34-32-92-29-26-89-23-18-74-64(86)14-21-88-25-28-91-31-33-93-30-27-90-24-20-83(19-8-15-70(3)81-82-70)67-57(72)52-75-66(78-67)59-51-61(58-13-22-103-80-58)84(79-59)53-55-9-4-5-10-56(55)71/h4-5,9-10,13,22,51-52,60,62,65,81-82H,6-8,11-12,14-21,23-50,53-54H2,1-3H3,(H,73,85)(H,74,86)(H2,76,77,87)/t60-,62?,65-/m0/s1. The molecule has 3 aromatic heterocycles. The highest BCUT2D eigenvalue weighted by Gasteiger charge is 2.42. The van der Waals surface area contributed by atoms with E-state index >= 15 is 4.39 Å². The lowest BCUT2D eigenvalue weighted by Gasteiger charge is -2.25. The smallest absolute Gasteiger partial charge is 0.315 e. The average molecular weight is 1500 g/mol. The number of rotatable bonds is 66. The Kier molecular flexibility index (Phi) is 42.4. The van der Waals surface area contributed by atoms with Crippen LogP contribution in [-0.2, 0) is 87.2 Å². The molecule has 3 saturated heterocycles. The topological polar surface area (TPSA) is 355 Å². The first kappa shape index (κ1) is 85.5. The number of anilines is 1. The van der Waals surface area contributed by atoms with Gasteiger partial charge in [0, 0.05) is 61.7 Å². The number of thioether (sulfide) groups is 1. The molecular formula is C70H112F2N12O19S. The summed E-state index contributed by atoms with van der Waals surface area (Å²) >= 11 is 1.90. The number of amides is 4. The molecule has 586 valence electrons. The van der Waals surface area contributed by atoms with Gasteiger partial charge in [0.2, 0.25) is 11.8 Å². The number of carbonyl (C=O) groups excluding carboxylic acids is 3. The molecule has 0 saturated carbocycles. The zero-order valence-electron chi connectivity index (χ0n) is 60.9. The molecule has 6 N–H and O–H groups in total. The summed E-state index contributed by atoms with van der Waals surface area (Å²) in [5.74, 6) is 0.212. The van der Waals surface area contributed by atoms with Gasteiger partial charge in [0.05, 0.1) is 233 Å². The first-order chi connectivity index (χ1) is 50.8. The molecule has 6 heterocycles. The van der Waals surface area contributed by atoms with E-state index in [4.69, 9.17) is 80.7 Å². The number of ether oxygens (including phenoxy) is 15. The maximum Gasteiger partial charge on any atom is 0.315 e. The third kappa shape index (κ3) is 36.2. The molecule has 4 amide bonds. The second-order valence-electron chi connectivity index (χ2n) is 25.3. The minimum absolute atomic E-state index is 0.0608. The van der Waals surface area contributed by atoms with Crippen LogP contribution in [0.1, 0.15) is 77.7 Å². The zero-order chi connectivity index (χ0) is 73.4. The van der Waals surface area contributed by atoms with Crippen LogP contribution in [0.15, 0.2) is 53.4 Å². The van der Waals surface area contributed by atoms with Crippen molar-refractivity contribution in [2.75, 3.05) is 228 Å². The van der Waals surface area contributed by atoms with Crippen LogP contribution >= 0.6 is 11.8 Å². The molecule has 3 fully saturated rings. The number of nitrogens with zero attached hydrogens (tertiary/aromatic N) is 6. The second-order valence-corrected chi connectivity index (χ2v) is 26.6. The molecule has 7 rings (SSSR count). The van der Waals surface area contributed by atoms with Crippen molar-refractivity contribution in [3.05, 3.63) is 66.1 Å². The van der Waals surface area contributed by atoms with Gasteiger partial charge in [0.1, 0.15) is 23.5 Å². The number of unbranched alkanes of at least 4 members (excludes halogenated alkanes) is 1. The van der Waals surface area contributed by atoms with Gasteiger partial charge in [-0.3, -0.25) is 14.3 Å². The summed E-state index contributed by atoms with van der Waals surface area (Å²) in [6.07, 6.45) is 8.33. The summed E-state index contributed by atoms with van der Waals surface area (Å²) in [4.78, 5) is 46.9. The highest BCUT2D eigenvalue weighted by Crippen LogP contribution is 2.33. The lowest BCUT2D eigenvalue weighted by Crippen LogP contribution is -2.36. The molecular weight excluding hydrogens is 1380 g/mol. The van der Waals surface area contributed by atoms with Crippen LogP contribution in [0.5, 0.6) is 0 Å². The molecule has 1 aromatic carbocycles. The maximum absolute atomic E-state index is 15.6. The van der Waals surface area contributed by atoms with Crippen molar-refractivity contribution >= 4 is 35.4 Å². The number of carbonyl (C=O) groups is 3. The number of urea groups is 1. The summed E-state index contributed by atoms with van der Waals surface area (Å²) in [5.41, 5.74) is 7.55. The van der Waals surface area contributed by atoms with Gasteiger partial charge in [-0.15, -0.1) is 0 Å². The first-order valence-electron chi connectivity index (χ1n) is 36.3. The molecule has 0 bridgehead atoms. The Balaban J connectivity index is 0.544.